The molecule has 139 heavy (non-hydrogen) atoms. The molecule has 0 radical (unpaired) electrons. The number of phenolic OH excluding ortho intramolecular Hbond substituents is 1. The zero-order valence-corrected chi connectivity index (χ0v) is 78.8. The van der Waals surface area contributed by atoms with Crippen LogP contribution in [0.15, 0.2) is 35.9 Å². The Morgan fingerprint density at radius 2 is 0.950 bits per heavy atom. The second-order valence-corrected chi connectivity index (χ2v) is 42.1. The molecule has 0 amide bonds. The monoisotopic (exact) mass is 2000 g/mol. The van der Waals surface area contributed by atoms with Gasteiger partial charge in [0.1, 0.15) is 189 Å². The Labute approximate surface area is 800 Å². The summed E-state index contributed by atoms with van der Waals surface area (Å²) < 4.78 is 119. The molecular formula is C92H142O47. The van der Waals surface area contributed by atoms with Gasteiger partial charge >= 0.3 is 11.9 Å². The van der Waals surface area contributed by atoms with Crippen molar-refractivity contribution in [2.45, 2.75) is 397 Å². The first-order chi connectivity index (χ1) is 65.5. The topological polar surface area (TPSA) is 724 Å². The molecule has 9 saturated heterocycles. The van der Waals surface area contributed by atoms with Gasteiger partial charge < -0.3 is 222 Å². The predicted octanol–water partition coefficient (Wildman–Crippen LogP) is -7.60. The number of carbonyl (C=O) groups is 2. The lowest BCUT2D eigenvalue weighted by Crippen LogP contribution is -2.68. The summed E-state index contributed by atoms with van der Waals surface area (Å²) in [6, 6.07) is 4.07. The number of allylic oxidation sites excluding steroid dienone is 2. The number of aliphatic hydroxyl groups excluding tert-OH is 24. The summed E-state index contributed by atoms with van der Waals surface area (Å²) in [5, 5.41) is 278. The maximum Gasteiger partial charge on any atom is 0.331 e. The molecule has 51 atom stereocenters. The summed E-state index contributed by atoms with van der Waals surface area (Å²) in [6.45, 7) is 12.7. The molecule has 9 heterocycles. The van der Waals surface area contributed by atoms with Crippen LogP contribution in [0, 0.1) is 50.2 Å². The second kappa shape index (κ2) is 43.0. The minimum atomic E-state index is -2.22. The van der Waals surface area contributed by atoms with E-state index in [2.05, 4.69) is 54.5 Å². The molecule has 25 N–H and O–H groups in total. The fourth-order valence-corrected chi connectivity index (χ4v) is 24.4. The van der Waals surface area contributed by atoms with Crippen molar-refractivity contribution in [1.29, 1.82) is 0 Å². The Bertz CT molecular complexity index is 4320. The van der Waals surface area contributed by atoms with Gasteiger partial charge in [-0.2, -0.15) is 0 Å². The molecule has 1 aromatic rings. The SMILES string of the molecule is COc1ccc(/C=C/C(=O)O[C@H]2[C@H](O[C@H]3[C@H](O)[C@@H](O)[C@H](O[C@H]4CO[C@@H](O[C@@H]5[C@@H](O)[C@H](C)O[C@@H](O[C@H]6[C@H](O[C@H]7CC[C@]8(C)[C@H]9CC=C%10[C@@H]%11CC(C)(C)CC[C@]%11(C(=O)O[C@@H]%11O[C@H](CO[C@@H]%12O[C@H](CO)[C@@H](O[C@@H]%13O[C@@H](C)[C@H](O)[C@@H](O)[C@H]%13O)[C@H](O)[C@H]%12O)[C@@H](O)[C@H](O)[C@H]%11O)CC[C@@]%10(C)[C@]9(C)CC[C@H]8C7(C)C)OC[C@H](O)[C@@H]6O)[C@@H]5O)[C@H](O)[C@H]4O)O[C@@H]3CO)O[C@H](CO)[C@@H](O)[C@@H]2O[C@@H]2O[C@H](CO)[C@@H](O)[C@H](O)[C@H]2O)cc1O. The molecule has 4 saturated carbocycles. The average Bonchev–Trinajstić information content (AvgIpc) is 0.672. The van der Waals surface area contributed by atoms with Crippen LogP contribution in [0.3, 0.4) is 0 Å². The number of aromatic hydroxyl groups is 1. The van der Waals surface area contributed by atoms with Crippen LogP contribution >= 0.6 is 0 Å². The Balaban J connectivity index is 0.572. The van der Waals surface area contributed by atoms with Crippen LogP contribution in [0.1, 0.15) is 132 Å². The van der Waals surface area contributed by atoms with Crippen molar-refractivity contribution in [3.8, 4) is 11.5 Å². The fraction of sp³-hybridized carbons (Fsp3) is 0.870. The number of methoxy groups -OCH3 is 1. The summed E-state index contributed by atoms with van der Waals surface area (Å²) in [5.41, 5.74) is -1.77. The van der Waals surface area contributed by atoms with Crippen LogP contribution in [0.2, 0.25) is 0 Å². The number of carbonyl (C=O) groups excluding carboxylic acids is 2. The van der Waals surface area contributed by atoms with E-state index in [0.29, 0.717) is 51.4 Å². The van der Waals surface area contributed by atoms with Crippen molar-refractivity contribution in [3.63, 3.8) is 0 Å². The number of ether oxygens (including phenoxy) is 20. The van der Waals surface area contributed by atoms with Gasteiger partial charge in [-0.1, -0.05) is 66.2 Å². The number of hydrogen-bond acceptors (Lipinski definition) is 47. The van der Waals surface area contributed by atoms with Crippen molar-refractivity contribution >= 4 is 18.0 Å². The minimum Gasteiger partial charge on any atom is -0.504 e. The summed E-state index contributed by atoms with van der Waals surface area (Å²) >= 11 is 0. The molecule has 14 aliphatic rings. The summed E-state index contributed by atoms with van der Waals surface area (Å²) in [7, 11) is 1.31. The minimum absolute atomic E-state index is 0.00360. The van der Waals surface area contributed by atoms with E-state index in [1.54, 1.807) is 0 Å². The first-order valence-electron chi connectivity index (χ1n) is 47.8. The van der Waals surface area contributed by atoms with E-state index in [9.17, 15) is 132 Å². The molecule has 0 unspecified atom stereocenters. The van der Waals surface area contributed by atoms with Gasteiger partial charge in [-0.05, 0) is 147 Å². The van der Waals surface area contributed by atoms with E-state index in [-0.39, 0.29) is 51.1 Å². The predicted molar refractivity (Wildman–Crippen MR) is 459 cm³/mol. The maximum absolute atomic E-state index is 15.5. The lowest BCUT2D eigenvalue weighted by Gasteiger charge is -2.71. The molecule has 13 fully saturated rings. The highest BCUT2D eigenvalue weighted by molar-refractivity contribution is 5.87. The van der Waals surface area contributed by atoms with Gasteiger partial charge in [0.25, 0.3) is 0 Å². The van der Waals surface area contributed by atoms with E-state index in [4.69, 9.17) is 94.7 Å². The third-order valence-corrected chi connectivity index (χ3v) is 33.0. The lowest BCUT2D eigenvalue weighted by atomic mass is 9.33. The number of phenols is 1. The Kier molecular flexibility index (Phi) is 33.7. The van der Waals surface area contributed by atoms with E-state index in [0.717, 1.165) is 24.5 Å². The van der Waals surface area contributed by atoms with Crippen molar-refractivity contribution < 1.29 is 232 Å². The lowest BCUT2D eigenvalue weighted by molar-refractivity contribution is -0.390. The third kappa shape index (κ3) is 20.5. The Morgan fingerprint density at radius 3 is 1.60 bits per heavy atom. The van der Waals surface area contributed by atoms with E-state index in [1.165, 1.54) is 45.2 Å². The van der Waals surface area contributed by atoms with Gasteiger partial charge in [0, 0.05) is 6.08 Å². The first kappa shape index (κ1) is 109. The number of aliphatic hydroxyl groups is 24. The van der Waals surface area contributed by atoms with Crippen LogP contribution in [-0.4, -0.2) is 463 Å². The van der Waals surface area contributed by atoms with Crippen molar-refractivity contribution in [2.24, 2.45) is 50.2 Å². The number of esters is 2. The highest BCUT2D eigenvalue weighted by Crippen LogP contribution is 2.76. The van der Waals surface area contributed by atoms with Gasteiger partial charge in [0.05, 0.1) is 77.1 Å². The third-order valence-electron chi connectivity index (χ3n) is 33.0. The molecule has 9 aliphatic heterocycles. The standard InChI is InChI=1S/C92H142O47/c1-34-52(100)59(107)65(113)79(124-34)134-71-44(29-95)128-77(68(116)62(71)110)122-32-46-56(104)61(109)67(115)82(131-46)139-86(119)92-23-21-87(3,4)26-38(92)37-13-15-49-89(7)19-18-50(88(5,6)48(89)17-20-91(49,9)90(37,8)22-24-92)132-84-75(54(102)40(98)31-121-84)138-83-70(118)73(53(101)35(2)125-83)136-78-64(112)57(105)47(33-123-78)130-80-69(117)63(111)72(45(30-96)129-80)135-85-76(133-51(99)16-12-36-11-14-41(120-10)39(97)25-36)74(58(106)43(28-94)127-85)137-81-66(114)60(108)55(103)42(27-93)126-81/h11-14,16,25,34-35,38,40,42-50,52-85,93-98,100-118H,15,17-24,26-33H2,1-10H3/b16-12+/t34-,35-,38-,40-,42+,43+,44+,45+,46+,47-,48-,49+,50-,52-,53-,54-,55+,56+,57-,58+,59+,60-,61-,62+,63+,64+,65+,66+,67+,68+,69+,70+,71+,72+,73+,74-,75+,76+,77+,78-,79-,80-,81-,82-,83-,84-,85-,89-,90+,91+,92-/m0/s1. The molecule has 5 aliphatic carbocycles. The zero-order valence-electron chi connectivity index (χ0n) is 78.8. The van der Waals surface area contributed by atoms with Gasteiger partial charge in [0.15, 0.2) is 67.9 Å². The highest BCUT2D eigenvalue weighted by Gasteiger charge is 2.71. The van der Waals surface area contributed by atoms with Crippen LogP contribution in [0.5, 0.6) is 11.5 Å². The van der Waals surface area contributed by atoms with Gasteiger partial charge in [-0.15, -0.1) is 0 Å². The summed E-state index contributed by atoms with van der Waals surface area (Å²) in [5.74, 6) is -2.38. The van der Waals surface area contributed by atoms with Gasteiger partial charge in [-0.25, -0.2) is 4.79 Å². The van der Waals surface area contributed by atoms with Crippen LogP contribution in [-0.2, 0) is 99.6 Å². The average molecular weight is 2000 g/mol. The molecule has 0 aromatic heterocycles. The fourth-order valence-electron chi connectivity index (χ4n) is 24.4. The number of benzene rings is 1. The maximum atomic E-state index is 15.5. The highest BCUT2D eigenvalue weighted by atomic mass is 16.8. The Morgan fingerprint density at radius 1 is 0.432 bits per heavy atom. The van der Waals surface area contributed by atoms with Gasteiger partial charge in [0.2, 0.25) is 6.29 Å². The molecule has 47 nitrogen and oxygen atoms in total. The van der Waals surface area contributed by atoms with Crippen LogP contribution < -0.4 is 4.74 Å². The largest absolute Gasteiger partial charge is 0.504 e. The summed E-state index contributed by atoms with van der Waals surface area (Å²) in [6.07, 6.45) is -68.2. The number of fused-ring (bicyclic) bond motifs is 7. The second-order valence-electron chi connectivity index (χ2n) is 42.1. The molecule has 0 spiro atoms. The molecule has 792 valence electrons. The van der Waals surface area contributed by atoms with Gasteiger partial charge in [-0.3, -0.25) is 4.79 Å². The molecule has 0 bridgehead atoms. The number of hydrogen-bond donors (Lipinski definition) is 25. The summed E-state index contributed by atoms with van der Waals surface area (Å²) in [4.78, 5) is 29.3. The van der Waals surface area contributed by atoms with Crippen LogP contribution in [0.25, 0.3) is 6.08 Å². The van der Waals surface area contributed by atoms with Crippen LogP contribution in [0.4, 0.5) is 0 Å². The van der Waals surface area contributed by atoms with Crippen molar-refractivity contribution in [2.75, 3.05) is 53.4 Å². The quantitative estimate of drug-likeness (QED) is 0.0168. The molecule has 15 rings (SSSR count). The molecule has 47 heteroatoms. The van der Waals surface area contributed by atoms with Crippen molar-refractivity contribution in [3.05, 3.63) is 41.5 Å². The molecule has 1 aromatic carbocycles. The van der Waals surface area contributed by atoms with E-state index < -0.39 is 345 Å². The van der Waals surface area contributed by atoms with E-state index in [1.807, 2.05) is 0 Å². The van der Waals surface area contributed by atoms with E-state index >= 15 is 4.79 Å². The zero-order chi connectivity index (χ0) is 101. The Hall–Kier alpha value is -4.40. The normalized spacial score (nSPS) is 50.5. The molecular weight excluding hydrogens is 1860 g/mol. The van der Waals surface area contributed by atoms with Crippen molar-refractivity contribution in [1.82, 2.24) is 0 Å². The number of rotatable bonds is 27. The first-order valence-corrected chi connectivity index (χ1v) is 47.8. The smallest absolute Gasteiger partial charge is 0.331 e.